The smallest absolute Gasteiger partial charge is 0.358 e. The van der Waals surface area contributed by atoms with Gasteiger partial charge in [0.05, 0.1) is 12.7 Å². The molecule has 0 aliphatic carbocycles. The first-order chi connectivity index (χ1) is 9.60. The largest absolute Gasteiger partial charge is 0.476 e. The lowest BCUT2D eigenvalue weighted by molar-refractivity contribution is 0.0690. The van der Waals surface area contributed by atoms with Crippen LogP contribution in [-0.2, 0) is 6.54 Å². The summed E-state index contributed by atoms with van der Waals surface area (Å²) in [6.07, 6.45) is 3.79. The zero-order chi connectivity index (χ0) is 14.5. The van der Waals surface area contributed by atoms with Crippen molar-refractivity contribution in [2.24, 2.45) is 0 Å². The van der Waals surface area contributed by atoms with Gasteiger partial charge in [0.2, 0.25) is 0 Å². The second kappa shape index (κ2) is 6.81. The monoisotopic (exact) mass is 281 g/mol. The molecule has 1 saturated heterocycles. The Bertz CT molecular complexity index is 448. The molecule has 1 aromatic heterocycles. The minimum atomic E-state index is -1.03. The maximum atomic E-state index is 10.8. The van der Waals surface area contributed by atoms with Crippen molar-refractivity contribution in [2.45, 2.75) is 32.4 Å². The van der Waals surface area contributed by atoms with Crippen LogP contribution in [0, 0.1) is 0 Å². The van der Waals surface area contributed by atoms with Crippen LogP contribution < -0.4 is 0 Å². The van der Waals surface area contributed by atoms with E-state index in [2.05, 4.69) is 34.1 Å². The third kappa shape index (κ3) is 3.77. The molecule has 1 fully saturated rings. The Balaban J connectivity index is 1.92. The molecule has 0 bridgehead atoms. The van der Waals surface area contributed by atoms with Crippen molar-refractivity contribution in [1.82, 2.24) is 24.8 Å². The van der Waals surface area contributed by atoms with E-state index in [4.69, 9.17) is 5.11 Å². The van der Waals surface area contributed by atoms with E-state index in [0.29, 0.717) is 12.6 Å². The lowest BCUT2D eigenvalue weighted by atomic mass is 10.2. The van der Waals surface area contributed by atoms with E-state index in [0.717, 1.165) is 32.6 Å². The minimum absolute atomic E-state index is 0.00708. The van der Waals surface area contributed by atoms with Gasteiger partial charge in [-0.15, -0.1) is 5.10 Å². The Morgan fingerprint density at radius 3 is 2.90 bits per heavy atom. The van der Waals surface area contributed by atoms with Crippen LogP contribution in [0.2, 0.25) is 0 Å². The van der Waals surface area contributed by atoms with Gasteiger partial charge in [0.15, 0.2) is 5.69 Å². The van der Waals surface area contributed by atoms with Crippen molar-refractivity contribution >= 4 is 5.97 Å². The van der Waals surface area contributed by atoms with Crippen LogP contribution in [0.15, 0.2) is 6.20 Å². The molecular formula is C13H23N5O2. The normalized spacial score (nSPS) is 21.8. The third-order valence-corrected chi connectivity index (χ3v) is 3.87. The van der Waals surface area contributed by atoms with E-state index in [1.54, 1.807) is 4.68 Å². The summed E-state index contributed by atoms with van der Waals surface area (Å²) in [5.41, 5.74) is 0.00708. The summed E-state index contributed by atoms with van der Waals surface area (Å²) < 4.78 is 1.62. The highest BCUT2D eigenvalue weighted by molar-refractivity contribution is 5.84. The Morgan fingerprint density at radius 1 is 1.45 bits per heavy atom. The van der Waals surface area contributed by atoms with Gasteiger partial charge in [-0.1, -0.05) is 12.1 Å². The molecule has 0 amide bonds. The van der Waals surface area contributed by atoms with Crippen LogP contribution in [0.3, 0.4) is 0 Å². The third-order valence-electron chi connectivity index (χ3n) is 3.87. The van der Waals surface area contributed by atoms with Gasteiger partial charge in [-0.3, -0.25) is 9.58 Å². The highest BCUT2D eigenvalue weighted by Gasteiger charge is 2.21. The first-order valence-electron chi connectivity index (χ1n) is 7.16. The second-order valence-corrected chi connectivity index (χ2v) is 5.39. The molecule has 1 aliphatic rings. The first-order valence-corrected chi connectivity index (χ1v) is 7.16. The SMILES string of the molecule is CCC1CN(C)CCCN1CCn1cc(C(=O)O)nn1. The van der Waals surface area contributed by atoms with Gasteiger partial charge in [0.1, 0.15) is 0 Å². The molecule has 1 aliphatic heterocycles. The lowest BCUT2D eigenvalue weighted by Gasteiger charge is -2.29. The number of hydrogen-bond acceptors (Lipinski definition) is 5. The molecule has 2 rings (SSSR count). The second-order valence-electron chi connectivity index (χ2n) is 5.39. The van der Waals surface area contributed by atoms with E-state index in [-0.39, 0.29) is 5.69 Å². The fourth-order valence-corrected chi connectivity index (χ4v) is 2.71. The molecule has 20 heavy (non-hydrogen) atoms. The predicted molar refractivity (Wildman–Crippen MR) is 74.7 cm³/mol. The van der Waals surface area contributed by atoms with E-state index in [1.807, 2.05) is 0 Å². The molecule has 112 valence electrons. The Morgan fingerprint density at radius 2 is 2.25 bits per heavy atom. The maximum absolute atomic E-state index is 10.8. The van der Waals surface area contributed by atoms with E-state index >= 15 is 0 Å². The molecule has 0 radical (unpaired) electrons. The van der Waals surface area contributed by atoms with Crippen molar-refractivity contribution in [2.75, 3.05) is 33.2 Å². The first kappa shape index (κ1) is 14.9. The average molecular weight is 281 g/mol. The highest BCUT2D eigenvalue weighted by Crippen LogP contribution is 2.11. The maximum Gasteiger partial charge on any atom is 0.358 e. The number of aromatic nitrogens is 3. The molecule has 0 saturated carbocycles. The molecule has 1 atom stereocenters. The Labute approximate surface area is 119 Å². The molecule has 7 nitrogen and oxygen atoms in total. The van der Waals surface area contributed by atoms with Crippen LogP contribution in [0.5, 0.6) is 0 Å². The molecule has 1 N–H and O–H groups in total. The molecule has 0 aromatic carbocycles. The quantitative estimate of drug-likeness (QED) is 0.841. The molecule has 2 heterocycles. The Kier molecular flexibility index (Phi) is 5.08. The van der Waals surface area contributed by atoms with Gasteiger partial charge in [0.25, 0.3) is 0 Å². The van der Waals surface area contributed by atoms with Crippen LogP contribution in [0.4, 0.5) is 0 Å². The lowest BCUT2D eigenvalue weighted by Crippen LogP contribution is -2.41. The van der Waals surface area contributed by atoms with Crippen LogP contribution >= 0.6 is 0 Å². The molecule has 0 spiro atoms. The van der Waals surface area contributed by atoms with Crippen molar-refractivity contribution in [3.05, 3.63) is 11.9 Å². The van der Waals surface area contributed by atoms with Crippen LogP contribution in [0.25, 0.3) is 0 Å². The number of carboxylic acid groups (broad SMARTS) is 1. The summed E-state index contributed by atoms with van der Waals surface area (Å²) in [4.78, 5) is 15.6. The van der Waals surface area contributed by atoms with Crippen LogP contribution in [0.1, 0.15) is 30.3 Å². The molecule has 1 unspecified atom stereocenters. The zero-order valence-electron chi connectivity index (χ0n) is 12.2. The van der Waals surface area contributed by atoms with Crippen molar-refractivity contribution in [3.63, 3.8) is 0 Å². The van der Waals surface area contributed by atoms with Gasteiger partial charge >= 0.3 is 5.97 Å². The number of nitrogens with zero attached hydrogens (tertiary/aromatic N) is 5. The van der Waals surface area contributed by atoms with E-state index < -0.39 is 5.97 Å². The van der Waals surface area contributed by atoms with Gasteiger partial charge < -0.3 is 10.0 Å². The number of likely N-dealkylation sites (N-methyl/N-ethyl adjacent to an activating group) is 1. The highest BCUT2D eigenvalue weighted by atomic mass is 16.4. The van der Waals surface area contributed by atoms with Crippen molar-refractivity contribution in [3.8, 4) is 0 Å². The fraction of sp³-hybridized carbons (Fsp3) is 0.769. The van der Waals surface area contributed by atoms with Crippen LogP contribution in [-0.4, -0.2) is 75.1 Å². The summed E-state index contributed by atoms with van der Waals surface area (Å²) in [6.45, 7) is 7.10. The summed E-state index contributed by atoms with van der Waals surface area (Å²) in [5.74, 6) is -1.03. The van der Waals surface area contributed by atoms with Gasteiger partial charge in [-0.2, -0.15) is 0 Å². The van der Waals surface area contributed by atoms with Gasteiger partial charge in [-0.25, -0.2) is 4.79 Å². The predicted octanol–water partition coefficient (Wildman–Crippen LogP) is 0.392. The average Bonchev–Trinajstić information content (AvgIpc) is 2.82. The van der Waals surface area contributed by atoms with Crippen molar-refractivity contribution < 1.29 is 9.90 Å². The summed E-state index contributed by atoms with van der Waals surface area (Å²) in [5, 5.41) is 16.3. The summed E-state index contributed by atoms with van der Waals surface area (Å²) in [7, 11) is 2.17. The Hall–Kier alpha value is -1.47. The molecule has 7 heteroatoms. The van der Waals surface area contributed by atoms with Crippen molar-refractivity contribution in [1.29, 1.82) is 0 Å². The number of hydrogen-bond donors (Lipinski definition) is 1. The molecule has 1 aromatic rings. The van der Waals surface area contributed by atoms with E-state index in [1.165, 1.54) is 12.6 Å². The zero-order valence-corrected chi connectivity index (χ0v) is 12.2. The summed E-state index contributed by atoms with van der Waals surface area (Å²) in [6, 6.07) is 0.560. The standard InChI is InChI=1S/C13H23N5O2/c1-3-11-9-16(2)5-4-6-17(11)7-8-18-10-12(13(19)20)14-15-18/h10-11H,3-9H2,1-2H3,(H,19,20). The number of aromatic carboxylic acids is 1. The number of carbonyl (C=O) groups is 1. The number of carboxylic acids is 1. The van der Waals surface area contributed by atoms with Gasteiger partial charge in [-0.05, 0) is 33.0 Å². The fourth-order valence-electron chi connectivity index (χ4n) is 2.71. The van der Waals surface area contributed by atoms with Gasteiger partial charge in [0, 0.05) is 19.1 Å². The topological polar surface area (TPSA) is 74.5 Å². The molecular weight excluding hydrogens is 258 g/mol. The minimum Gasteiger partial charge on any atom is -0.476 e. The number of rotatable bonds is 5. The summed E-state index contributed by atoms with van der Waals surface area (Å²) >= 11 is 0. The van der Waals surface area contributed by atoms with E-state index in [9.17, 15) is 4.79 Å².